The first kappa shape index (κ1) is 13.6. The van der Waals surface area contributed by atoms with Gasteiger partial charge in [-0.25, -0.2) is 0 Å². The number of nitriles is 1. The molecule has 3 nitrogen and oxygen atoms in total. The maximum atomic E-state index is 10.9. The van der Waals surface area contributed by atoms with Gasteiger partial charge >= 0.3 is 5.97 Å². The van der Waals surface area contributed by atoms with Crippen molar-refractivity contribution in [2.75, 3.05) is 12.9 Å². The predicted octanol–water partition coefficient (Wildman–Crippen LogP) is 2.74. The monoisotopic (exact) mass is 249 g/mol. The van der Waals surface area contributed by atoms with Gasteiger partial charge in [0.25, 0.3) is 0 Å². The predicted molar refractivity (Wildman–Crippen MR) is 68.6 cm³/mol. The fourth-order valence-electron chi connectivity index (χ4n) is 1.29. The van der Waals surface area contributed by atoms with Crippen LogP contribution in [0.2, 0.25) is 0 Å². The minimum absolute atomic E-state index is 0.149. The van der Waals surface area contributed by atoms with Crippen molar-refractivity contribution in [1.29, 1.82) is 5.26 Å². The molecule has 0 radical (unpaired) electrons. The third kappa shape index (κ3) is 5.41. The molecule has 4 heteroatoms. The van der Waals surface area contributed by atoms with Crippen LogP contribution < -0.4 is 0 Å². The Morgan fingerprint density at radius 1 is 1.41 bits per heavy atom. The van der Waals surface area contributed by atoms with Crippen LogP contribution in [0.25, 0.3) is 0 Å². The number of benzene rings is 1. The highest BCUT2D eigenvalue weighted by atomic mass is 32.2. The maximum Gasteiger partial charge on any atom is 0.305 e. The van der Waals surface area contributed by atoms with Gasteiger partial charge in [0.05, 0.1) is 18.7 Å². The summed E-state index contributed by atoms with van der Waals surface area (Å²) in [6.45, 7) is 0. The second-order valence-electron chi connectivity index (χ2n) is 3.54. The van der Waals surface area contributed by atoms with Crippen molar-refractivity contribution in [2.24, 2.45) is 0 Å². The van der Waals surface area contributed by atoms with Gasteiger partial charge in [0, 0.05) is 12.2 Å². The Morgan fingerprint density at radius 2 is 2.12 bits per heavy atom. The molecular weight excluding hydrogens is 234 g/mol. The molecule has 0 atom stereocenters. The molecule has 0 amide bonds. The van der Waals surface area contributed by atoms with E-state index in [0.29, 0.717) is 12.0 Å². The van der Waals surface area contributed by atoms with Gasteiger partial charge in [-0.2, -0.15) is 17.0 Å². The molecular formula is C13H15NO2S. The van der Waals surface area contributed by atoms with E-state index in [1.165, 1.54) is 12.7 Å². The number of hydrogen-bond donors (Lipinski definition) is 0. The highest BCUT2D eigenvalue weighted by Crippen LogP contribution is 2.14. The van der Waals surface area contributed by atoms with Crippen LogP contribution in [0.15, 0.2) is 24.3 Å². The number of esters is 1. The molecule has 1 rings (SSSR count). The van der Waals surface area contributed by atoms with Crippen LogP contribution in [0.1, 0.15) is 24.0 Å². The third-order valence-corrected chi connectivity index (χ3v) is 3.36. The van der Waals surface area contributed by atoms with E-state index in [9.17, 15) is 4.79 Å². The summed E-state index contributed by atoms with van der Waals surface area (Å²) >= 11 is 1.78. The Kier molecular flexibility index (Phi) is 6.19. The van der Waals surface area contributed by atoms with Gasteiger partial charge in [-0.15, -0.1) is 0 Å². The average molecular weight is 249 g/mol. The second kappa shape index (κ2) is 7.75. The summed E-state index contributed by atoms with van der Waals surface area (Å²) in [6, 6.07) is 9.67. The molecule has 1 aromatic carbocycles. The zero-order chi connectivity index (χ0) is 12.5. The first-order valence-electron chi connectivity index (χ1n) is 5.40. The summed E-state index contributed by atoms with van der Waals surface area (Å²) in [5.74, 6) is 1.70. The number of nitrogens with zero attached hydrogens (tertiary/aromatic N) is 1. The van der Waals surface area contributed by atoms with Crippen molar-refractivity contribution in [1.82, 2.24) is 0 Å². The lowest BCUT2D eigenvalue weighted by molar-refractivity contribution is -0.140. The van der Waals surface area contributed by atoms with Crippen LogP contribution in [0.4, 0.5) is 0 Å². The number of carbonyl (C=O) groups is 1. The summed E-state index contributed by atoms with van der Waals surface area (Å²) in [5.41, 5.74) is 1.89. The van der Waals surface area contributed by atoms with Crippen LogP contribution in [0, 0.1) is 11.3 Å². The molecule has 17 heavy (non-hydrogen) atoms. The minimum atomic E-state index is -0.149. The number of carbonyl (C=O) groups excluding carboxylic acids is 1. The van der Waals surface area contributed by atoms with E-state index in [4.69, 9.17) is 5.26 Å². The van der Waals surface area contributed by atoms with E-state index < -0.39 is 0 Å². The molecule has 0 spiro atoms. The van der Waals surface area contributed by atoms with Crippen LogP contribution in [-0.2, 0) is 15.3 Å². The summed E-state index contributed by atoms with van der Waals surface area (Å²) in [5, 5.41) is 8.65. The van der Waals surface area contributed by atoms with Crippen molar-refractivity contribution < 1.29 is 9.53 Å². The first-order chi connectivity index (χ1) is 8.26. The lowest BCUT2D eigenvalue weighted by Crippen LogP contribution is -2.00. The molecule has 90 valence electrons. The third-order valence-electron chi connectivity index (χ3n) is 2.25. The van der Waals surface area contributed by atoms with Gasteiger partial charge in [0.15, 0.2) is 0 Å². The molecule has 0 aliphatic rings. The second-order valence-corrected chi connectivity index (χ2v) is 4.65. The van der Waals surface area contributed by atoms with Gasteiger partial charge in [-0.1, -0.05) is 12.1 Å². The first-order valence-corrected chi connectivity index (χ1v) is 6.55. The summed E-state index contributed by atoms with van der Waals surface area (Å²) in [6.07, 6.45) is 1.32. The Balaban J connectivity index is 2.18. The molecule has 0 bridgehead atoms. The molecule has 0 aliphatic carbocycles. The van der Waals surface area contributed by atoms with Gasteiger partial charge in [-0.3, -0.25) is 4.79 Å². The zero-order valence-corrected chi connectivity index (χ0v) is 10.6. The molecule has 0 unspecified atom stereocenters. The maximum absolute atomic E-state index is 10.9. The Hall–Kier alpha value is -1.47. The van der Waals surface area contributed by atoms with E-state index in [-0.39, 0.29) is 5.97 Å². The molecule has 0 aliphatic heterocycles. The van der Waals surface area contributed by atoms with Crippen molar-refractivity contribution in [3.8, 4) is 6.07 Å². The highest BCUT2D eigenvalue weighted by Gasteiger charge is 2.00. The van der Waals surface area contributed by atoms with E-state index in [0.717, 1.165) is 17.9 Å². The van der Waals surface area contributed by atoms with Crippen LogP contribution in [0.5, 0.6) is 0 Å². The van der Waals surface area contributed by atoms with E-state index in [1.54, 1.807) is 11.8 Å². The van der Waals surface area contributed by atoms with Crippen LogP contribution in [0.3, 0.4) is 0 Å². The molecule has 0 aromatic heterocycles. The average Bonchev–Trinajstić information content (AvgIpc) is 2.38. The topological polar surface area (TPSA) is 50.1 Å². The molecule has 0 fully saturated rings. The quantitative estimate of drug-likeness (QED) is 0.574. The smallest absolute Gasteiger partial charge is 0.305 e. The van der Waals surface area contributed by atoms with Crippen molar-refractivity contribution in [3.63, 3.8) is 0 Å². The van der Waals surface area contributed by atoms with E-state index in [2.05, 4.69) is 10.8 Å². The Bertz CT molecular complexity index is 395. The number of methoxy groups -OCH3 is 1. The molecule has 0 heterocycles. The Labute approximate surface area is 106 Å². The highest BCUT2D eigenvalue weighted by molar-refractivity contribution is 7.98. The summed E-state index contributed by atoms with van der Waals surface area (Å²) in [7, 11) is 1.41. The number of thioether (sulfide) groups is 1. The Morgan fingerprint density at radius 3 is 2.71 bits per heavy atom. The lowest BCUT2D eigenvalue weighted by Gasteiger charge is -2.02. The van der Waals surface area contributed by atoms with Gasteiger partial charge < -0.3 is 4.74 Å². The van der Waals surface area contributed by atoms with E-state index >= 15 is 0 Å². The number of rotatable bonds is 6. The minimum Gasteiger partial charge on any atom is -0.469 e. The molecule has 0 saturated heterocycles. The molecule has 0 N–H and O–H groups in total. The number of ether oxygens (including phenoxy) is 1. The van der Waals surface area contributed by atoms with Gasteiger partial charge in [0.1, 0.15) is 0 Å². The van der Waals surface area contributed by atoms with Gasteiger partial charge in [-0.05, 0) is 29.9 Å². The van der Waals surface area contributed by atoms with Crippen molar-refractivity contribution >= 4 is 17.7 Å². The fraction of sp³-hybridized carbons (Fsp3) is 0.385. The van der Waals surface area contributed by atoms with Crippen LogP contribution in [-0.4, -0.2) is 18.8 Å². The summed E-state index contributed by atoms with van der Waals surface area (Å²) < 4.78 is 4.56. The van der Waals surface area contributed by atoms with Gasteiger partial charge in [0.2, 0.25) is 0 Å². The van der Waals surface area contributed by atoms with E-state index in [1.807, 2.05) is 24.3 Å². The normalized spacial score (nSPS) is 9.65. The largest absolute Gasteiger partial charge is 0.469 e. The molecule has 1 aromatic rings. The fourth-order valence-corrected chi connectivity index (χ4v) is 2.21. The number of hydrogen-bond acceptors (Lipinski definition) is 4. The van der Waals surface area contributed by atoms with Crippen molar-refractivity contribution in [3.05, 3.63) is 35.4 Å². The van der Waals surface area contributed by atoms with Crippen LogP contribution >= 0.6 is 11.8 Å². The lowest BCUT2D eigenvalue weighted by atomic mass is 10.2. The summed E-state index contributed by atoms with van der Waals surface area (Å²) in [4.78, 5) is 10.9. The standard InChI is InChI=1S/C13H15NO2S/c1-16-13(15)3-2-8-17-10-12-6-4-11(9-14)5-7-12/h4-7H,2-3,8,10H2,1H3. The SMILES string of the molecule is COC(=O)CCCSCc1ccc(C#N)cc1. The van der Waals surface area contributed by atoms with Crippen molar-refractivity contribution in [2.45, 2.75) is 18.6 Å². The molecule has 0 saturated carbocycles. The zero-order valence-electron chi connectivity index (χ0n) is 9.81.